The summed E-state index contributed by atoms with van der Waals surface area (Å²) in [6.07, 6.45) is 11.4. The Labute approximate surface area is 195 Å². The third kappa shape index (κ3) is 4.88. The number of hydrogen-bond acceptors (Lipinski definition) is 6. The van der Waals surface area contributed by atoms with Crippen LogP contribution in [0.3, 0.4) is 0 Å². The molecule has 1 aliphatic carbocycles. The Morgan fingerprint density at radius 1 is 1.18 bits per heavy atom. The van der Waals surface area contributed by atoms with Crippen molar-refractivity contribution in [2.75, 3.05) is 18.4 Å². The Morgan fingerprint density at radius 2 is 2.09 bits per heavy atom. The molecule has 0 amide bonds. The first-order valence-corrected chi connectivity index (χ1v) is 12.3. The van der Waals surface area contributed by atoms with Crippen LogP contribution in [0.15, 0.2) is 36.5 Å². The summed E-state index contributed by atoms with van der Waals surface area (Å²) in [7, 11) is 0. The number of benzene rings is 1. The lowest BCUT2D eigenvalue weighted by Gasteiger charge is -2.23. The number of piperidine rings is 1. The molecule has 5 rings (SSSR count). The second kappa shape index (κ2) is 9.91. The zero-order chi connectivity index (χ0) is 22.6. The lowest BCUT2D eigenvalue weighted by atomic mass is 9.91. The SMILES string of the molecule is CC(C)c1cnn2c(NCc3ccccc3C3=CCCCC3)nc(OC3CCCNC3)nc12. The first-order valence-electron chi connectivity index (χ1n) is 12.3. The lowest BCUT2D eigenvalue weighted by molar-refractivity contribution is 0.153. The van der Waals surface area contributed by atoms with E-state index >= 15 is 0 Å². The summed E-state index contributed by atoms with van der Waals surface area (Å²) in [5.74, 6) is 0.978. The molecule has 1 atom stereocenters. The van der Waals surface area contributed by atoms with Crippen LogP contribution in [-0.2, 0) is 6.54 Å². The van der Waals surface area contributed by atoms with Gasteiger partial charge < -0.3 is 15.4 Å². The number of hydrogen-bond donors (Lipinski definition) is 2. The van der Waals surface area contributed by atoms with Gasteiger partial charge in [-0.1, -0.05) is 44.2 Å². The summed E-state index contributed by atoms with van der Waals surface area (Å²) >= 11 is 0. The van der Waals surface area contributed by atoms with E-state index in [0.717, 1.165) is 43.6 Å². The molecule has 1 saturated heterocycles. The molecular formula is C26H34N6O. The molecule has 1 aromatic carbocycles. The summed E-state index contributed by atoms with van der Waals surface area (Å²) in [6.45, 7) is 6.86. The normalized spacial score (nSPS) is 19.0. The number of nitrogens with one attached hydrogen (secondary N) is 2. The molecule has 174 valence electrons. The highest BCUT2D eigenvalue weighted by atomic mass is 16.5. The fourth-order valence-corrected chi connectivity index (χ4v) is 4.76. The van der Waals surface area contributed by atoms with E-state index in [1.54, 1.807) is 0 Å². The van der Waals surface area contributed by atoms with Crippen molar-refractivity contribution in [3.05, 3.63) is 53.2 Å². The van der Waals surface area contributed by atoms with E-state index in [0.29, 0.717) is 24.4 Å². The van der Waals surface area contributed by atoms with Crippen LogP contribution in [0.4, 0.5) is 5.95 Å². The van der Waals surface area contributed by atoms with Gasteiger partial charge in [-0.2, -0.15) is 19.6 Å². The number of aromatic nitrogens is 4. The average Bonchev–Trinajstić information content (AvgIpc) is 3.28. The minimum atomic E-state index is 0.0958. The maximum Gasteiger partial charge on any atom is 0.322 e. The van der Waals surface area contributed by atoms with Crippen LogP contribution in [0.1, 0.15) is 75.0 Å². The lowest BCUT2D eigenvalue weighted by Crippen LogP contribution is -2.37. The van der Waals surface area contributed by atoms with Gasteiger partial charge in [-0.25, -0.2) is 0 Å². The zero-order valence-corrected chi connectivity index (χ0v) is 19.7. The predicted octanol–water partition coefficient (Wildman–Crippen LogP) is 4.95. The zero-order valence-electron chi connectivity index (χ0n) is 19.7. The van der Waals surface area contributed by atoms with E-state index < -0.39 is 0 Å². The number of ether oxygens (including phenoxy) is 1. The van der Waals surface area contributed by atoms with Gasteiger partial charge in [-0.3, -0.25) is 0 Å². The maximum absolute atomic E-state index is 6.20. The van der Waals surface area contributed by atoms with Crippen LogP contribution < -0.4 is 15.4 Å². The smallest absolute Gasteiger partial charge is 0.322 e. The van der Waals surface area contributed by atoms with Crippen molar-refractivity contribution in [3.8, 4) is 6.01 Å². The summed E-state index contributed by atoms with van der Waals surface area (Å²) in [5.41, 5.74) is 5.97. The van der Waals surface area contributed by atoms with Crippen LogP contribution in [-0.4, -0.2) is 38.8 Å². The highest BCUT2D eigenvalue weighted by molar-refractivity contribution is 5.69. The summed E-state index contributed by atoms with van der Waals surface area (Å²) < 4.78 is 8.01. The number of fused-ring (bicyclic) bond motifs is 1. The predicted molar refractivity (Wildman–Crippen MR) is 132 cm³/mol. The Kier molecular flexibility index (Phi) is 6.58. The maximum atomic E-state index is 6.20. The number of anilines is 1. The van der Waals surface area contributed by atoms with Crippen molar-refractivity contribution in [1.29, 1.82) is 0 Å². The summed E-state index contributed by atoms with van der Waals surface area (Å²) in [6, 6.07) is 9.09. The molecule has 0 spiro atoms. The first kappa shape index (κ1) is 21.9. The second-order valence-corrected chi connectivity index (χ2v) is 9.39. The standard InChI is InChI=1S/C26H34N6O/c1-18(2)23-17-29-32-24(23)30-26(33-21-12-8-14-27-16-21)31-25(32)28-15-20-11-6-7-13-22(20)19-9-4-3-5-10-19/h6-7,9,11,13,17-18,21,27H,3-5,8,10,12,14-16H2,1-2H3,(H,28,30,31). The first-order chi connectivity index (χ1) is 16.2. The summed E-state index contributed by atoms with van der Waals surface area (Å²) in [5, 5.41) is 11.5. The van der Waals surface area contributed by atoms with Crippen molar-refractivity contribution in [2.24, 2.45) is 0 Å². The van der Waals surface area contributed by atoms with E-state index in [9.17, 15) is 0 Å². The van der Waals surface area contributed by atoms with Crippen molar-refractivity contribution >= 4 is 17.2 Å². The Hall–Kier alpha value is -2.93. The molecule has 3 aromatic rings. The van der Waals surface area contributed by atoms with Crippen molar-refractivity contribution < 1.29 is 4.74 Å². The second-order valence-electron chi connectivity index (χ2n) is 9.39. The van der Waals surface area contributed by atoms with E-state index in [1.807, 2.05) is 10.7 Å². The van der Waals surface area contributed by atoms with Crippen LogP contribution >= 0.6 is 0 Å². The fourth-order valence-electron chi connectivity index (χ4n) is 4.76. The molecule has 0 radical (unpaired) electrons. The molecule has 7 heteroatoms. The monoisotopic (exact) mass is 446 g/mol. The molecule has 7 nitrogen and oxygen atoms in total. The average molecular weight is 447 g/mol. The molecule has 3 heterocycles. The van der Waals surface area contributed by atoms with Gasteiger partial charge in [0.15, 0.2) is 5.65 Å². The minimum absolute atomic E-state index is 0.0958. The number of nitrogens with zero attached hydrogens (tertiary/aromatic N) is 4. The number of allylic oxidation sites excluding steroid dienone is 2. The van der Waals surface area contributed by atoms with Crippen LogP contribution in [0.2, 0.25) is 0 Å². The van der Waals surface area contributed by atoms with Gasteiger partial charge in [0.2, 0.25) is 5.95 Å². The molecule has 2 aromatic heterocycles. The van der Waals surface area contributed by atoms with Gasteiger partial charge >= 0.3 is 6.01 Å². The van der Waals surface area contributed by atoms with Gasteiger partial charge in [0.05, 0.1) is 6.20 Å². The van der Waals surface area contributed by atoms with Gasteiger partial charge in [0.1, 0.15) is 6.10 Å². The molecule has 2 aliphatic rings. The van der Waals surface area contributed by atoms with Gasteiger partial charge in [0.25, 0.3) is 0 Å². The van der Waals surface area contributed by atoms with Gasteiger partial charge in [0, 0.05) is 18.7 Å². The molecule has 0 bridgehead atoms. The summed E-state index contributed by atoms with van der Waals surface area (Å²) in [4.78, 5) is 9.49. The topological polar surface area (TPSA) is 76.4 Å². The molecule has 1 unspecified atom stereocenters. The molecule has 0 saturated carbocycles. The van der Waals surface area contributed by atoms with Crippen molar-refractivity contribution in [3.63, 3.8) is 0 Å². The van der Waals surface area contributed by atoms with E-state index in [1.165, 1.54) is 36.0 Å². The van der Waals surface area contributed by atoms with Crippen molar-refractivity contribution in [2.45, 2.75) is 70.9 Å². The largest absolute Gasteiger partial charge is 0.459 e. The minimum Gasteiger partial charge on any atom is -0.459 e. The Balaban J connectivity index is 1.44. The third-order valence-electron chi connectivity index (χ3n) is 6.61. The van der Waals surface area contributed by atoms with Crippen molar-refractivity contribution in [1.82, 2.24) is 24.9 Å². The number of rotatable bonds is 7. The van der Waals surface area contributed by atoms with Crippen LogP contribution in [0.5, 0.6) is 6.01 Å². The molecule has 33 heavy (non-hydrogen) atoms. The molecular weight excluding hydrogens is 412 g/mol. The Bertz CT molecular complexity index is 1130. The molecule has 2 N–H and O–H groups in total. The fraction of sp³-hybridized carbons (Fsp3) is 0.500. The Morgan fingerprint density at radius 3 is 2.88 bits per heavy atom. The highest BCUT2D eigenvalue weighted by Gasteiger charge is 2.20. The van der Waals surface area contributed by atoms with Gasteiger partial charge in [-0.05, 0) is 67.7 Å². The third-order valence-corrected chi connectivity index (χ3v) is 6.61. The van der Waals surface area contributed by atoms with Crippen LogP contribution in [0, 0.1) is 0 Å². The van der Waals surface area contributed by atoms with E-state index in [-0.39, 0.29) is 6.10 Å². The van der Waals surface area contributed by atoms with Crippen LogP contribution in [0.25, 0.3) is 11.2 Å². The molecule has 1 aliphatic heterocycles. The van der Waals surface area contributed by atoms with Gasteiger partial charge in [-0.15, -0.1) is 0 Å². The van der Waals surface area contributed by atoms with E-state index in [2.05, 4.69) is 59.9 Å². The van der Waals surface area contributed by atoms with E-state index in [4.69, 9.17) is 14.7 Å². The quantitative estimate of drug-likeness (QED) is 0.535. The molecule has 1 fully saturated rings. The highest BCUT2D eigenvalue weighted by Crippen LogP contribution is 2.30.